The largest absolute Gasteiger partial charge is 0.292 e. The van der Waals surface area contributed by atoms with E-state index in [1.807, 2.05) is 17.7 Å². The number of aromatic nitrogens is 2. The molecule has 0 saturated carbocycles. The van der Waals surface area contributed by atoms with Gasteiger partial charge >= 0.3 is 0 Å². The number of fused-ring (bicyclic) bond motifs is 1. The molecule has 0 fully saturated rings. The molecule has 0 unspecified atom stereocenters. The molecule has 0 aliphatic heterocycles. The van der Waals surface area contributed by atoms with E-state index in [2.05, 4.69) is 31.1 Å². The summed E-state index contributed by atoms with van der Waals surface area (Å²) < 4.78 is 1.85. The van der Waals surface area contributed by atoms with E-state index in [-0.39, 0.29) is 5.78 Å². The van der Waals surface area contributed by atoms with Gasteiger partial charge in [-0.2, -0.15) is 5.10 Å². The summed E-state index contributed by atoms with van der Waals surface area (Å²) in [5, 5.41) is 4.51. The lowest BCUT2D eigenvalue weighted by molar-refractivity contribution is 0.0966. The molecule has 1 aliphatic carbocycles. The smallest absolute Gasteiger partial charge is 0.184 e. The van der Waals surface area contributed by atoms with Crippen LogP contribution < -0.4 is 0 Å². The van der Waals surface area contributed by atoms with E-state index in [4.69, 9.17) is 0 Å². The van der Waals surface area contributed by atoms with Gasteiger partial charge in [-0.05, 0) is 62.3 Å². The van der Waals surface area contributed by atoms with Crippen molar-refractivity contribution in [1.29, 1.82) is 0 Å². The molecule has 0 atom stereocenters. The van der Waals surface area contributed by atoms with Gasteiger partial charge < -0.3 is 0 Å². The molecule has 1 aromatic heterocycles. The first-order valence-electron chi connectivity index (χ1n) is 7.78. The summed E-state index contributed by atoms with van der Waals surface area (Å²) in [5.74, 6) is 0.151. The van der Waals surface area contributed by atoms with Crippen LogP contribution in [-0.4, -0.2) is 15.6 Å². The van der Waals surface area contributed by atoms with Crippen LogP contribution in [0.15, 0.2) is 18.2 Å². The Kier molecular flexibility index (Phi) is 3.66. The second kappa shape index (κ2) is 5.47. The molecule has 3 heteroatoms. The zero-order valence-corrected chi connectivity index (χ0v) is 13.1. The summed E-state index contributed by atoms with van der Waals surface area (Å²) in [7, 11) is 0. The third-order valence-electron chi connectivity index (χ3n) is 4.60. The van der Waals surface area contributed by atoms with Gasteiger partial charge in [-0.25, -0.2) is 0 Å². The molecule has 0 saturated heterocycles. The standard InChI is InChI=1S/C18H22N2O/c1-4-17-12(2)19-20(13(17)3)11-18(21)16-9-8-14-6-5-7-15(14)10-16/h8-10H,4-7,11H2,1-3H3. The van der Waals surface area contributed by atoms with E-state index in [1.165, 1.54) is 23.1 Å². The van der Waals surface area contributed by atoms with Gasteiger partial charge in [-0.15, -0.1) is 0 Å². The van der Waals surface area contributed by atoms with Crippen molar-refractivity contribution >= 4 is 5.78 Å². The highest BCUT2D eigenvalue weighted by molar-refractivity contribution is 5.96. The number of Topliss-reactive ketones (excluding diaryl/α,β-unsaturated/α-hetero) is 1. The number of rotatable bonds is 4. The Hall–Kier alpha value is -1.90. The SMILES string of the molecule is CCc1c(C)nn(CC(=O)c2ccc3c(c2)CCC3)c1C. The molecule has 0 amide bonds. The highest BCUT2D eigenvalue weighted by atomic mass is 16.1. The molecule has 3 nitrogen and oxygen atoms in total. The van der Waals surface area contributed by atoms with Crippen LogP contribution >= 0.6 is 0 Å². The lowest BCUT2D eigenvalue weighted by Crippen LogP contribution is -2.13. The fourth-order valence-corrected chi connectivity index (χ4v) is 3.37. The maximum Gasteiger partial charge on any atom is 0.184 e. The lowest BCUT2D eigenvalue weighted by Gasteiger charge is -2.07. The lowest BCUT2D eigenvalue weighted by atomic mass is 10.0. The molecule has 110 valence electrons. The first-order chi connectivity index (χ1) is 10.1. The third kappa shape index (κ3) is 2.53. The zero-order chi connectivity index (χ0) is 15.0. The number of ketones is 1. The average molecular weight is 282 g/mol. The second-order valence-electron chi connectivity index (χ2n) is 5.92. The van der Waals surface area contributed by atoms with Gasteiger partial charge in [-0.3, -0.25) is 9.48 Å². The van der Waals surface area contributed by atoms with Crippen LogP contribution in [0.4, 0.5) is 0 Å². The Balaban J connectivity index is 1.83. The van der Waals surface area contributed by atoms with Crippen LogP contribution in [0, 0.1) is 13.8 Å². The predicted octanol–water partition coefficient (Wildman–Crippen LogP) is 3.43. The quantitative estimate of drug-likeness (QED) is 0.805. The van der Waals surface area contributed by atoms with Crippen LogP contribution in [0.3, 0.4) is 0 Å². The number of carbonyl (C=O) groups excluding carboxylic acids is 1. The van der Waals surface area contributed by atoms with Gasteiger partial charge in [0, 0.05) is 11.3 Å². The molecule has 3 rings (SSSR count). The maximum absolute atomic E-state index is 12.5. The number of nitrogens with zero attached hydrogens (tertiary/aromatic N) is 2. The molecule has 1 aliphatic rings. The van der Waals surface area contributed by atoms with Crippen LogP contribution in [0.2, 0.25) is 0 Å². The van der Waals surface area contributed by atoms with E-state index < -0.39 is 0 Å². The molecule has 1 heterocycles. The highest BCUT2D eigenvalue weighted by Crippen LogP contribution is 2.23. The molecule has 2 aromatic rings. The highest BCUT2D eigenvalue weighted by Gasteiger charge is 2.16. The van der Waals surface area contributed by atoms with Crippen molar-refractivity contribution in [3.8, 4) is 0 Å². The van der Waals surface area contributed by atoms with Gasteiger partial charge in [0.2, 0.25) is 0 Å². The van der Waals surface area contributed by atoms with Crippen molar-refractivity contribution in [3.63, 3.8) is 0 Å². The van der Waals surface area contributed by atoms with Crippen molar-refractivity contribution < 1.29 is 4.79 Å². The monoisotopic (exact) mass is 282 g/mol. The molecule has 0 bridgehead atoms. The van der Waals surface area contributed by atoms with E-state index >= 15 is 0 Å². The summed E-state index contributed by atoms with van der Waals surface area (Å²) in [6, 6.07) is 6.17. The van der Waals surface area contributed by atoms with Gasteiger partial charge in [0.1, 0.15) is 6.54 Å². The maximum atomic E-state index is 12.5. The van der Waals surface area contributed by atoms with Crippen molar-refractivity contribution in [2.75, 3.05) is 0 Å². The Morgan fingerprint density at radius 2 is 2.00 bits per heavy atom. The molecular weight excluding hydrogens is 260 g/mol. The topological polar surface area (TPSA) is 34.9 Å². The van der Waals surface area contributed by atoms with Crippen molar-refractivity contribution in [1.82, 2.24) is 9.78 Å². The second-order valence-corrected chi connectivity index (χ2v) is 5.92. The van der Waals surface area contributed by atoms with E-state index in [0.717, 1.165) is 36.2 Å². The fraction of sp³-hybridized carbons (Fsp3) is 0.444. The number of hydrogen-bond donors (Lipinski definition) is 0. The van der Waals surface area contributed by atoms with Crippen LogP contribution in [0.25, 0.3) is 0 Å². The van der Waals surface area contributed by atoms with Crippen molar-refractivity contribution in [2.24, 2.45) is 0 Å². The summed E-state index contributed by atoms with van der Waals surface area (Å²) >= 11 is 0. The molecule has 21 heavy (non-hydrogen) atoms. The molecule has 0 N–H and O–H groups in total. The number of aryl methyl sites for hydroxylation is 3. The zero-order valence-electron chi connectivity index (χ0n) is 13.1. The van der Waals surface area contributed by atoms with Crippen molar-refractivity contribution in [3.05, 3.63) is 51.8 Å². The summed E-state index contributed by atoms with van der Waals surface area (Å²) in [4.78, 5) is 12.5. The van der Waals surface area contributed by atoms with Gasteiger partial charge in [0.15, 0.2) is 5.78 Å². The van der Waals surface area contributed by atoms with Crippen molar-refractivity contribution in [2.45, 2.75) is 53.0 Å². The normalized spacial score (nSPS) is 13.5. The minimum Gasteiger partial charge on any atom is -0.292 e. The van der Waals surface area contributed by atoms with Gasteiger partial charge in [-0.1, -0.05) is 19.1 Å². The van der Waals surface area contributed by atoms with Crippen LogP contribution in [-0.2, 0) is 25.8 Å². The molecular formula is C18H22N2O. The third-order valence-corrected chi connectivity index (χ3v) is 4.60. The summed E-state index contributed by atoms with van der Waals surface area (Å²) in [5.41, 5.74) is 6.99. The summed E-state index contributed by atoms with van der Waals surface area (Å²) in [6.07, 6.45) is 4.44. The predicted molar refractivity (Wildman–Crippen MR) is 83.9 cm³/mol. The average Bonchev–Trinajstić information content (AvgIpc) is 3.03. The minimum atomic E-state index is 0.151. The van der Waals surface area contributed by atoms with E-state index in [1.54, 1.807) is 0 Å². The molecule has 0 spiro atoms. The van der Waals surface area contributed by atoms with Crippen LogP contribution in [0.1, 0.15) is 51.8 Å². The molecule has 0 radical (unpaired) electrons. The number of benzene rings is 1. The Morgan fingerprint density at radius 3 is 2.71 bits per heavy atom. The Labute approximate surface area is 126 Å². The first kappa shape index (κ1) is 14.1. The van der Waals surface area contributed by atoms with E-state index in [9.17, 15) is 4.79 Å². The number of carbonyl (C=O) groups is 1. The van der Waals surface area contributed by atoms with Gasteiger partial charge in [0.05, 0.1) is 5.69 Å². The molecule has 1 aromatic carbocycles. The first-order valence-corrected chi connectivity index (χ1v) is 7.78. The Bertz CT molecular complexity index is 697. The van der Waals surface area contributed by atoms with Gasteiger partial charge in [0.25, 0.3) is 0 Å². The minimum absolute atomic E-state index is 0.151. The summed E-state index contributed by atoms with van der Waals surface area (Å²) in [6.45, 7) is 6.53. The van der Waals surface area contributed by atoms with E-state index in [0.29, 0.717) is 6.54 Å². The fourth-order valence-electron chi connectivity index (χ4n) is 3.37. The Morgan fingerprint density at radius 1 is 1.24 bits per heavy atom. The number of hydrogen-bond acceptors (Lipinski definition) is 2. The van der Waals surface area contributed by atoms with Crippen LogP contribution in [0.5, 0.6) is 0 Å².